The van der Waals surface area contributed by atoms with Gasteiger partial charge in [-0.05, 0) is 48.4 Å². The number of fused-ring (bicyclic) bond motifs is 1. The second-order valence-electron chi connectivity index (χ2n) is 8.17. The van der Waals surface area contributed by atoms with E-state index in [1.807, 2.05) is 47.9 Å². The van der Waals surface area contributed by atoms with Crippen molar-refractivity contribution in [1.82, 2.24) is 20.1 Å². The number of benzene rings is 3. The lowest BCUT2D eigenvalue weighted by Gasteiger charge is -2.11. The molecule has 1 N–H and O–H groups in total. The second kappa shape index (κ2) is 10.7. The van der Waals surface area contributed by atoms with E-state index in [0.717, 1.165) is 16.7 Å². The van der Waals surface area contributed by atoms with Gasteiger partial charge in [0.15, 0.2) is 22.5 Å². The number of amides is 1. The maximum atomic E-state index is 13.0. The van der Waals surface area contributed by atoms with Crippen LogP contribution in [0.4, 0.5) is 5.69 Å². The molecule has 0 saturated heterocycles. The van der Waals surface area contributed by atoms with Crippen molar-refractivity contribution < 1.29 is 19.2 Å². The molecule has 5 rings (SSSR count). The van der Waals surface area contributed by atoms with Crippen LogP contribution in [0.15, 0.2) is 71.9 Å². The van der Waals surface area contributed by atoms with Crippen molar-refractivity contribution in [3.63, 3.8) is 0 Å². The Labute approximate surface area is 216 Å². The van der Waals surface area contributed by atoms with Gasteiger partial charge in [-0.3, -0.25) is 14.9 Å². The molecule has 0 fully saturated rings. The van der Waals surface area contributed by atoms with E-state index in [4.69, 9.17) is 9.47 Å². The minimum atomic E-state index is -0.432. The zero-order chi connectivity index (χ0) is 25.8. The Bertz CT molecular complexity index is 1450. The van der Waals surface area contributed by atoms with Crippen molar-refractivity contribution in [3.05, 3.63) is 93.5 Å². The molecule has 1 aliphatic heterocycles. The third kappa shape index (κ3) is 5.26. The highest BCUT2D eigenvalue weighted by atomic mass is 32.2. The number of aromatic nitrogens is 3. The van der Waals surface area contributed by atoms with Crippen molar-refractivity contribution in [3.8, 4) is 22.9 Å². The Morgan fingerprint density at radius 3 is 2.65 bits per heavy atom. The van der Waals surface area contributed by atoms with Crippen LogP contribution in [0.2, 0.25) is 0 Å². The van der Waals surface area contributed by atoms with Crippen LogP contribution in [0.1, 0.15) is 28.4 Å². The summed E-state index contributed by atoms with van der Waals surface area (Å²) < 4.78 is 12.7. The second-order valence-corrected chi connectivity index (χ2v) is 9.11. The highest BCUT2D eigenvalue weighted by molar-refractivity contribution is 7.98. The SMILES string of the molecule is CCn1c(SCc2ccccc2C(=O)NCc2ccc3c(c2)OCO3)nnc1-c1ccc([N+](=O)[O-])cc1. The van der Waals surface area contributed by atoms with Crippen LogP contribution in [0, 0.1) is 10.1 Å². The van der Waals surface area contributed by atoms with Crippen LogP contribution in [-0.2, 0) is 18.8 Å². The molecule has 37 heavy (non-hydrogen) atoms. The number of nitro groups is 1. The van der Waals surface area contributed by atoms with Crippen LogP contribution in [0.3, 0.4) is 0 Å². The van der Waals surface area contributed by atoms with E-state index in [0.29, 0.717) is 46.9 Å². The molecule has 4 aromatic rings. The van der Waals surface area contributed by atoms with Crippen LogP contribution in [0.25, 0.3) is 11.4 Å². The fourth-order valence-electron chi connectivity index (χ4n) is 3.96. The summed E-state index contributed by atoms with van der Waals surface area (Å²) in [6, 6.07) is 19.3. The smallest absolute Gasteiger partial charge is 0.269 e. The van der Waals surface area contributed by atoms with Gasteiger partial charge in [-0.15, -0.1) is 10.2 Å². The van der Waals surface area contributed by atoms with Gasteiger partial charge in [-0.2, -0.15) is 0 Å². The van der Waals surface area contributed by atoms with Gasteiger partial charge in [-0.1, -0.05) is 36.0 Å². The van der Waals surface area contributed by atoms with Crippen molar-refractivity contribution in [1.29, 1.82) is 0 Å². The van der Waals surface area contributed by atoms with Gasteiger partial charge in [0.05, 0.1) is 4.92 Å². The van der Waals surface area contributed by atoms with E-state index in [1.54, 1.807) is 18.2 Å². The number of hydrogen-bond acceptors (Lipinski definition) is 8. The van der Waals surface area contributed by atoms with Crippen LogP contribution >= 0.6 is 11.8 Å². The summed E-state index contributed by atoms with van der Waals surface area (Å²) in [7, 11) is 0. The Morgan fingerprint density at radius 1 is 1.08 bits per heavy atom. The van der Waals surface area contributed by atoms with Gasteiger partial charge in [0.25, 0.3) is 11.6 Å². The van der Waals surface area contributed by atoms with Crippen molar-refractivity contribution in [2.45, 2.75) is 30.9 Å². The number of nitro benzene ring substituents is 1. The van der Waals surface area contributed by atoms with Crippen molar-refractivity contribution >= 4 is 23.4 Å². The fourth-order valence-corrected chi connectivity index (χ4v) is 4.97. The van der Waals surface area contributed by atoms with Crippen LogP contribution in [0.5, 0.6) is 11.5 Å². The molecule has 188 valence electrons. The monoisotopic (exact) mass is 517 g/mol. The molecule has 0 aliphatic carbocycles. The van der Waals surface area contributed by atoms with Gasteiger partial charge in [0.2, 0.25) is 6.79 Å². The molecule has 1 amide bonds. The predicted octanol–water partition coefficient (Wildman–Crippen LogP) is 4.82. The zero-order valence-corrected chi connectivity index (χ0v) is 20.7. The summed E-state index contributed by atoms with van der Waals surface area (Å²) in [5.74, 6) is 2.37. The summed E-state index contributed by atoms with van der Waals surface area (Å²) in [5.41, 5.74) is 3.15. The molecule has 10 nitrogen and oxygen atoms in total. The first-order chi connectivity index (χ1) is 18.0. The topological polar surface area (TPSA) is 121 Å². The number of thioether (sulfide) groups is 1. The Balaban J connectivity index is 1.27. The third-order valence-electron chi connectivity index (χ3n) is 5.88. The lowest BCUT2D eigenvalue weighted by molar-refractivity contribution is -0.384. The number of ether oxygens (including phenoxy) is 2. The number of nitrogens with one attached hydrogen (secondary N) is 1. The molecule has 1 aromatic heterocycles. The summed E-state index contributed by atoms with van der Waals surface area (Å²) in [4.78, 5) is 23.5. The number of hydrogen-bond donors (Lipinski definition) is 1. The molecule has 0 bridgehead atoms. The number of nitrogens with zero attached hydrogens (tertiary/aromatic N) is 4. The van der Waals surface area contributed by atoms with Crippen molar-refractivity contribution in [2.24, 2.45) is 0 Å². The van der Waals surface area contributed by atoms with Gasteiger partial charge < -0.3 is 19.4 Å². The van der Waals surface area contributed by atoms with E-state index in [-0.39, 0.29) is 18.4 Å². The number of carbonyl (C=O) groups is 1. The van der Waals surface area contributed by atoms with E-state index in [1.165, 1.54) is 23.9 Å². The predicted molar refractivity (Wildman–Crippen MR) is 138 cm³/mol. The van der Waals surface area contributed by atoms with Gasteiger partial charge in [-0.25, -0.2) is 0 Å². The third-order valence-corrected chi connectivity index (χ3v) is 6.89. The minimum absolute atomic E-state index is 0.0225. The zero-order valence-electron chi connectivity index (χ0n) is 19.9. The Morgan fingerprint density at radius 2 is 1.86 bits per heavy atom. The lowest BCUT2D eigenvalue weighted by Crippen LogP contribution is -2.23. The van der Waals surface area contributed by atoms with E-state index in [9.17, 15) is 14.9 Å². The number of rotatable bonds is 9. The maximum absolute atomic E-state index is 13.0. The Kier molecular flexibility index (Phi) is 7.04. The fraction of sp³-hybridized carbons (Fsp3) is 0.192. The van der Waals surface area contributed by atoms with Gasteiger partial charge in [0.1, 0.15) is 0 Å². The average Bonchev–Trinajstić information content (AvgIpc) is 3.57. The number of non-ortho nitro benzene ring substituents is 1. The normalized spacial score (nSPS) is 11.9. The molecular weight excluding hydrogens is 494 g/mol. The molecule has 0 radical (unpaired) electrons. The first-order valence-electron chi connectivity index (χ1n) is 11.6. The van der Waals surface area contributed by atoms with Gasteiger partial charge in [0, 0.05) is 42.1 Å². The molecule has 11 heteroatoms. The summed E-state index contributed by atoms with van der Waals surface area (Å²) in [6.07, 6.45) is 0. The molecule has 2 heterocycles. The summed E-state index contributed by atoms with van der Waals surface area (Å²) >= 11 is 1.48. The molecule has 0 saturated carbocycles. The molecule has 1 aliphatic rings. The van der Waals surface area contributed by atoms with Crippen molar-refractivity contribution in [2.75, 3.05) is 6.79 Å². The molecular formula is C26H23N5O5S. The van der Waals surface area contributed by atoms with Crippen LogP contribution in [-0.4, -0.2) is 32.4 Å². The molecule has 3 aromatic carbocycles. The van der Waals surface area contributed by atoms with E-state index >= 15 is 0 Å². The van der Waals surface area contributed by atoms with Crippen LogP contribution < -0.4 is 14.8 Å². The largest absolute Gasteiger partial charge is 0.454 e. The standard InChI is InChI=1S/C26H23N5O5S/c1-2-30-24(18-8-10-20(11-9-18)31(33)34)28-29-26(30)37-15-19-5-3-4-6-21(19)25(32)27-14-17-7-12-22-23(13-17)36-16-35-22/h3-13H,2,14-16H2,1H3,(H,27,32). The maximum Gasteiger partial charge on any atom is 0.269 e. The molecule has 0 spiro atoms. The summed E-state index contributed by atoms with van der Waals surface area (Å²) in [5, 5.41) is 23.3. The first-order valence-corrected chi connectivity index (χ1v) is 12.6. The quantitative estimate of drug-likeness (QED) is 0.190. The Hall–Kier alpha value is -4.38. The number of carbonyl (C=O) groups excluding carboxylic acids is 1. The first kappa shape index (κ1) is 24.3. The molecule has 0 atom stereocenters. The van der Waals surface area contributed by atoms with E-state index < -0.39 is 4.92 Å². The van der Waals surface area contributed by atoms with E-state index in [2.05, 4.69) is 15.5 Å². The highest BCUT2D eigenvalue weighted by Gasteiger charge is 2.18. The highest BCUT2D eigenvalue weighted by Crippen LogP contribution is 2.32. The summed E-state index contributed by atoms with van der Waals surface area (Å²) in [6.45, 7) is 3.18. The lowest BCUT2D eigenvalue weighted by atomic mass is 10.1. The molecule has 0 unspecified atom stereocenters. The average molecular weight is 518 g/mol. The van der Waals surface area contributed by atoms with Gasteiger partial charge >= 0.3 is 0 Å². The minimum Gasteiger partial charge on any atom is -0.454 e.